The molecule has 2 heterocycles. The van der Waals surface area contributed by atoms with E-state index in [-0.39, 0.29) is 12.1 Å². The summed E-state index contributed by atoms with van der Waals surface area (Å²) in [7, 11) is 1.76. The molecule has 7 heteroatoms. The third-order valence-electron chi connectivity index (χ3n) is 4.52. The highest BCUT2D eigenvalue weighted by atomic mass is 16.5. The third kappa shape index (κ3) is 5.54. The summed E-state index contributed by atoms with van der Waals surface area (Å²) in [5.74, 6) is 1.24. The Morgan fingerprint density at radius 1 is 1.38 bits per heavy atom. The summed E-state index contributed by atoms with van der Waals surface area (Å²) in [5, 5.41) is 9.69. The highest BCUT2D eigenvalue weighted by molar-refractivity contribution is 5.80. The fraction of sp³-hybridized carbons (Fsp3) is 0.882. The van der Waals surface area contributed by atoms with Crippen LogP contribution in [0.2, 0.25) is 0 Å². The normalized spacial score (nSPS) is 27.2. The maximum Gasteiger partial charge on any atom is 0.407 e. The number of hydrogen-bond acceptors (Lipinski definition) is 4. The molecule has 2 rings (SSSR count). The number of fused-ring (bicyclic) bond motifs is 2. The predicted molar refractivity (Wildman–Crippen MR) is 94.2 cm³/mol. The molecule has 0 aliphatic carbocycles. The summed E-state index contributed by atoms with van der Waals surface area (Å²) in [5.41, 5.74) is 0. The summed E-state index contributed by atoms with van der Waals surface area (Å²) in [6, 6.07) is 0.329. The number of carbonyl (C=O) groups excluding carboxylic acids is 1. The van der Waals surface area contributed by atoms with Crippen LogP contribution < -0.4 is 16.0 Å². The van der Waals surface area contributed by atoms with Gasteiger partial charge in [-0.1, -0.05) is 13.8 Å². The van der Waals surface area contributed by atoms with Crippen LogP contribution in [0.4, 0.5) is 4.79 Å². The number of guanidine groups is 1. The number of alkyl carbamates (subject to hydrolysis) is 1. The van der Waals surface area contributed by atoms with Crippen molar-refractivity contribution in [1.82, 2.24) is 16.0 Å². The molecule has 2 aliphatic heterocycles. The van der Waals surface area contributed by atoms with Crippen LogP contribution in [0.5, 0.6) is 0 Å². The minimum absolute atomic E-state index is 0.00104. The molecule has 0 aromatic rings. The second-order valence-corrected chi connectivity index (χ2v) is 7.00. The number of amides is 1. The Bertz CT molecular complexity index is 442. The molecular weight excluding hydrogens is 308 g/mol. The molecule has 1 amide bonds. The summed E-state index contributed by atoms with van der Waals surface area (Å²) >= 11 is 0. The van der Waals surface area contributed by atoms with Gasteiger partial charge in [-0.15, -0.1) is 0 Å². The molecule has 7 nitrogen and oxygen atoms in total. The monoisotopic (exact) mass is 340 g/mol. The lowest BCUT2D eigenvalue weighted by Crippen LogP contribution is -2.51. The smallest absolute Gasteiger partial charge is 0.407 e. The van der Waals surface area contributed by atoms with Crippen LogP contribution >= 0.6 is 0 Å². The maximum atomic E-state index is 11.7. The zero-order valence-electron chi connectivity index (χ0n) is 15.3. The Morgan fingerprint density at radius 3 is 2.71 bits per heavy atom. The molecule has 0 radical (unpaired) electrons. The first-order valence-electron chi connectivity index (χ1n) is 9.07. The second-order valence-electron chi connectivity index (χ2n) is 7.00. The highest BCUT2D eigenvalue weighted by Crippen LogP contribution is 2.34. The predicted octanol–water partition coefficient (Wildman–Crippen LogP) is 1.63. The Balaban J connectivity index is 1.80. The van der Waals surface area contributed by atoms with Crippen LogP contribution in [0.3, 0.4) is 0 Å². The first kappa shape index (κ1) is 18.8. The van der Waals surface area contributed by atoms with Gasteiger partial charge in [-0.05, 0) is 38.5 Å². The number of carbonyl (C=O) groups is 1. The highest BCUT2D eigenvalue weighted by Gasteiger charge is 2.41. The quantitative estimate of drug-likeness (QED) is 0.485. The van der Waals surface area contributed by atoms with Gasteiger partial charge in [0.05, 0.1) is 24.9 Å². The van der Waals surface area contributed by atoms with Crippen LogP contribution in [0.15, 0.2) is 4.99 Å². The van der Waals surface area contributed by atoms with Gasteiger partial charge >= 0.3 is 6.09 Å². The standard InChI is InChI=1S/C17H32N4O3/c1-5-23-17(22)20-12(8-11(2)3)10-19-16(18-4)21-14-9-13-6-7-15(14)24-13/h11-15H,5-10H2,1-4H3,(H,20,22)(H2,18,19,21). The van der Waals surface area contributed by atoms with E-state index in [1.807, 2.05) is 0 Å². The molecule has 0 aromatic carbocycles. The van der Waals surface area contributed by atoms with Crippen LogP contribution in [-0.2, 0) is 9.47 Å². The summed E-state index contributed by atoms with van der Waals surface area (Å²) in [6.07, 6.45) is 4.56. The lowest BCUT2D eigenvalue weighted by atomic mass is 9.96. The first-order valence-corrected chi connectivity index (χ1v) is 9.07. The number of nitrogens with one attached hydrogen (secondary N) is 3. The van der Waals surface area contributed by atoms with Gasteiger partial charge in [0.25, 0.3) is 0 Å². The zero-order valence-corrected chi connectivity index (χ0v) is 15.3. The van der Waals surface area contributed by atoms with Gasteiger partial charge in [0.1, 0.15) is 0 Å². The number of hydrogen-bond donors (Lipinski definition) is 3. The van der Waals surface area contributed by atoms with E-state index in [4.69, 9.17) is 9.47 Å². The van der Waals surface area contributed by atoms with Gasteiger partial charge in [0.15, 0.2) is 5.96 Å². The Morgan fingerprint density at radius 2 is 2.17 bits per heavy atom. The second kappa shape index (κ2) is 9.11. The van der Waals surface area contributed by atoms with Crippen molar-refractivity contribution in [3.05, 3.63) is 0 Å². The topological polar surface area (TPSA) is 84.0 Å². The van der Waals surface area contributed by atoms with Crippen molar-refractivity contribution < 1.29 is 14.3 Å². The van der Waals surface area contributed by atoms with Crippen molar-refractivity contribution in [3.63, 3.8) is 0 Å². The van der Waals surface area contributed by atoms with E-state index in [1.165, 1.54) is 6.42 Å². The van der Waals surface area contributed by atoms with Gasteiger partial charge in [-0.3, -0.25) is 4.99 Å². The molecule has 2 bridgehead atoms. The van der Waals surface area contributed by atoms with Gasteiger partial charge < -0.3 is 25.4 Å². The molecule has 0 spiro atoms. The van der Waals surface area contributed by atoms with Crippen LogP contribution in [0.1, 0.15) is 46.5 Å². The van der Waals surface area contributed by atoms with Crippen molar-refractivity contribution in [3.8, 4) is 0 Å². The van der Waals surface area contributed by atoms with E-state index in [2.05, 4.69) is 34.8 Å². The zero-order chi connectivity index (χ0) is 17.5. The first-order chi connectivity index (χ1) is 11.5. The van der Waals surface area contributed by atoms with E-state index >= 15 is 0 Å². The molecule has 138 valence electrons. The van der Waals surface area contributed by atoms with Gasteiger partial charge in [0, 0.05) is 19.6 Å². The molecule has 0 aromatic heterocycles. The minimum Gasteiger partial charge on any atom is -0.450 e. The van der Waals surface area contributed by atoms with E-state index in [9.17, 15) is 4.79 Å². The van der Waals surface area contributed by atoms with Crippen molar-refractivity contribution in [2.24, 2.45) is 10.9 Å². The average molecular weight is 340 g/mol. The number of ether oxygens (including phenoxy) is 2. The molecule has 3 N–H and O–H groups in total. The summed E-state index contributed by atoms with van der Waals surface area (Å²) < 4.78 is 10.9. The van der Waals surface area contributed by atoms with E-state index < -0.39 is 0 Å². The van der Waals surface area contributed by atoms with Gasteiger partial charge in [-0.2, -0.15) is 0 Å². The van der Waals surface area contributed by atoms with E-state index in [0.717, 1.165) is 25.2 Å². The molecule has 0 saturated carbocycles. The molecular formula is C17H32N4O3. The van der Waals surface area contributed by atoms with Crippen LogP contribution in [0, 0.1) is 5.92 Å². The molecule has 2 fully saturated rings. The minimum atomic E-state index is -0.366. The van der Waals surface area contributed by atoms with Gasteiger partial charge in [-0.25, -0.2) is 4.79 Å². The number of aliphatic imine (C=N–C) groups is 1. The van der Waals surface area contributed by atoms with E-state index in [1.54, 1.807) is 14.0 Å². The van der Waals surface area contributed by atoms with Crippen LogP contribution in [0.25, 0.3) is 0 Å². The van der Waals surface area contributed by atoms with Crippen LogP contribution in [-0.4, -0.2) is 56.5 Å². The average Bonchev–Trinajstić information content (AvgIpc) is 3.13. The lowest BCUT2D eigenvalue weighted by molar-refractivity contribution is 0.0992. The lowest BCUT2D eigenvalue weighted by Gasteiger charge is -2.25. The Hall–Kier alpha value is -1.50. The molecule has 2 aliphatic rings. The molecule has 4 atom stereocenters. The largest absolute Gasteiger partial charge is 0.450 e. The van der Waals surface area contributed by atoms with Crippen molar-refractivity contribution in [1.29, 1.82) is 0 Å². The number of nitrogens with zero attached hydrogens (tertiary/aromatic N) is 1. The molecule has 4 unspecified atom stereocenters. The maximum absolute atomic E-state index is 11.7. The van der Waals surface area contributed by atoms with E-state index in [0.29, 0.717) is 37.3 Å². The third-order valence-corrected chi connectivity index (χ3v) is 4.52. The Labute approximate surface area is 145 Å². The van der Waals surface area contributed by atoms with Gasteiger partial charge in [0.2, 0.25) is 0 Å². The van der Waals surface area contributed by atoms with Crippen molar-refractivity contribution in [2.45, 2.75) is 70.7 Å². The fourth-order valence-electron chi connectivity index (χ4n) is 3.48. The van der Waals surface area contributed by atoms with Crippen molar-refractivity contribution >= 4 is 12.1 Å². The summed E-state index contributed by atoms with van der Waals surface area (Å²) in [6.45, 7) is 7.07. The summed E-state index contributed by atoms with van der Waals surface area (Å²) in [4.78, 5) is 16.0. The van der Waals surface area contributed by atoms with Crippen molar-refractivity contribution in [2.75, 3.05) is 20.2 Å². The fourth-order valence-corrected chi connectivity index (χ4v) is 3.48. The Kier molecular flexibility index (Phi) is 7.15. The molecule has 24 heavy (non-hydrogen) atoms. The molecule has 2 saturated heterocycles. The number of rotatable bonds is 7. The SMILES string of the molecule is CCOC(=O)NC(CNC(=NC)NC1CC2CCC1O2)CC(C)C.